The quantitative estimate of drug-likeness (QED) is 0.827. The van der Waals surface area contributed by atoms with Crippen LogP contribution in [-0.2, 0) is 6.54 Å². The molecule has 0 saturated heterocycles. The molecule has 1 heterocycles. The molecule has 1 aromatic heterocycles. The molecule has 0 unspecified atom stereocenters. The Balaban J connectivity index is 2.12. The van der Waals surface area contributed by atoms with Crippen LogP contribution in [0, 0.1) is 6.92 Å². The zero-order valence-corrected chi connectivity index (χ0v) is 10.5. The normalized spacial score (nSPS) is 10.3. The maximum Gasteiger partial charge on any atom is 0.311 e. The van der Waals surface area contributed by atoms with Gasteiger partial charge in [0.05, 0.1) is 0 Å². The lowest BCUT2D eigenvalue weighted by molar-refractivity contribution is 0.0711. The van der Waals surface area contributed by atoms with Gasteiger partial charge < -0.3 is 9.32 Å². The van der Waals surface area contributed by atoms with Crippen LogP contribution in [0.1, 0.15) is 29.1 Å². The third-order valence-corrected chi connectivity index (χ3v) is 2.59. The van der Waals surface area contributed by atoms with E-state index in [2.05, 4.69) is 10.2 Å². The molecule has 2 rings (SSSR count). The van der Waals surface area contributed by atoms with Gasteiger partial charge in [-0.05, 0) is 12.5 Å². The van der Waals surface area contributed by atoms with E-state index in [9.17, 15) is 4.79 Å². The van der Waals surface area contributed by atoms with Gasteiger partial charge in [-0.15, -0.1) is 10.2 Å². The molecule has 94 valence electrons. The van der Waals surface area contributed by atoms with Crippen LogP contribution in [0.25, 0.3) is 0 Å². The molecule has 5 heteroatoms. The summed E-state index contributed by atoms with van der Waals surface area (Å²) in [6.07, 6.45) is 0. The van der Waals surface area contributed by atoms with Gasteiger partial charge in [-0.25, -0.2) is 0 Å². The number of carbonyl (C=O) groups is 1. The van der Waals surface area contributed by atoms with E-state index in [1.54, 1.807) is 11.8 Å². The molecule has 0 fully saturated rings. The minimum atomic E-state index is -0.234. The number of carbonyl (C=O) groups excluding carboxylic acids is 1. The van der Waals surface area contributed by atoms with E-state index in [1.807, 2.05) is 37.3 Å². The lowest BCUT2D eigenvalue weighted by Gasteiger charge is -2.18. The van der Waals surface area contributed by atoms with Crippen LogP contribution < -0.4 is 0 Å². The summed E-state index contributed by atoms with van der Waals surface area (Å²) in [6, 6.07) is 9.81. The fourth-order valence-corrected chi connectivity index (χ4v) is 1.65. The summed E-state index contributed by atoms with van der Waals surface area (Å²) in [5.74, 6) is 0.210. The predicted molar refractivity (Wildman–Crippen MR) is 65.9 cm³/mol. The molecular formula is C13H15N3O2. The summed E-state index contributed by atoms with van der Waals surface area (Å²) in [5.41, 5.74) is 1.07. The average molecular weight is 245 g/mol. The Morgan fingerprint density at radius 1 is 1.28 bits per heavy atom. The third-order valence-electron chi connectivity index (χ3n) is 2.59. The third kappa shape index (κ3) is 2.74. The lowest BCUT2D eigenvalue weighted by Crippen LogP contribution is -2.30. The van der Waals surface area contributed by atoms with Crippen molar-refractivity contribution in [2.75, 3.05) is 6.54 Å². The van der Waals surface area contributed by atoms with Gasteiger partial charge in [0, 0.05) is 20.0 Å². The monoisotopic (exact) mass is 245 g/mol. The first-order valence-corrected chi connectivity index (χ1v) is 5.84. The van der Waals surface area contributed by atoms with Crippen molar-refractivity contribution in [1.82, 2.24) is 15.1 Å². The second-order valence-electron chi connectivity index (χ2n) is 3.93. The highest BCUT2D eigenvalue weighted by Gasteiger charge is 2.20. The van der Waals surface area contributed by atoms with Crippen molar-refractivity contribution in [1.29, 1.82) is 0 Å². The first-order chi connectivity index (χ1) is 8.70. The fraction of sp³-hybridized carbons (Fsp3) is 0.308. The van der Waals surface area contributed by atoms with Crippen molar-refractivity contribution < 1.29 is 9.21 Å². The Hall–Kier alpha value is -2.17. The van der Waals surface area contributed by atoms with Crippen molar-refractivity contribution in [2.24, 2.45) is 0 Å². The second-order valence-corrected chi connectivity index (χ2v) is 3.93. The van der Waals surface area contributed by atoms with Gasteiger partial charge in [-0.2, -0.15) is 0 Å². The Morgan fingerprint density at radius 2 is 2.00 bits per heavy atom. The number of benzene rings is 1. The number of aryl methyl sites for hydroxylation is 1. The van der Waals surface area contributed by atoms with Gasteiger partial charge in [0.15, 0.2) is 0 Å². The highest BCUT2D eigenvalue weighted by Crippen LogP contribution is 2.09. The summed E-state index contributed by atoms with van der Waals surface area (Å²) in [4.78, 5) is 13.8. The van der Waals surface area contributed by atoms with Crippen molar-refractivity contribution >= 4 is 5.91 Å². The Bertz CT molecular complexity index is 522. The van der Waals surface area contributed by atoms with E-state index >= 15 is 0 Å². The molecular weight excluding hydrogens is 230 g/mol. The standard InChI is InChI=1S/C13H15N3O2/c1-3-16(9-11-7-5-4-6-8-11)13(17)12-15-14-10(2)18-12/h4-8H,3,9H2,1-2H3. The highest BCUT2D eigenvalue weighted by atomic mass is 16.4. The fourth-order valence-electron chi connectivity index (χ4n) is 1.65. The average Bonchev–Trinajstić information content (AvgIpc) is 2.83. The van der Waals surface area contributed by atoms with Crippen LogP contribution in [0.3, 0.4) is 0 Å². The van der Waals surface area contributed by atoms with Crippen LogP contribution in [0.15, 0.2) is 34.7 Å². The molecule has 2 aromatic rings. The van der Waals surface area contributed by atoms with Gasteiger partial charge in [-0.1, -0.05) is 30.3 Å². The molecule has 0 aliphatic heterocycles. The SMILES string of the molecule is CCN(Cc1ccccc1)C(=O)c1nnc(C)o1. The summed E-state index contributed by atoms with van der Waals surface area (Å²) in [7, 11) is 0. The molecule has 0 N–H and O–H groups in total. The maximum absolute atomic E-state index is 12.1. The number of hydrogen-bond acceptors (Lipinski definition) is 4. The minimum Gasteiger partial charge on any atom is -0.417 e. The molecule has 0 aliphatic carbocycles. The number of aromatic nitrogens is 2. The lowest BCUT2D eigenvalue weighted by atomic mass is 10.2. The predicted octanol–water partition coefficient (Wildman–Crippen LogP) is 2.04. The number of amides is 1. The first-order valence-electron chi connectivity index (χ1n) is 5.84. The van der Waals surface area contributed by atoms with Crippen LogP contribution in [0.2, 0.25) is 0 Å². The number of nitrogens with zero attached hydrogens (tertiary/aromatic N) is 3. The van der Waals surface area contributed by atoms with Crippen LogP contribution >= 0.6 is 0 Å². The molecule has 0 atom stereocenters. The van der Waals surface area contributed by atoms with E-state index in [1.165, 1.54) is 0 Å². The zero-order chi connectivity index (χ0) is 13.0. The van der Waals surface area contributed by atoms with Crippen molar-refractivity contribution in [3.8, 4) is 0 Å². The van der Waals surface area contributed by atoms with E-state index in [0.717, 1.165) is 5.56 Å². The minimum absolute atomic E-state index is 0.0466. The molecule has 1 amide bonds. The first kappa shape index (κ1) is 12.3. The van der Waals surface area contributed by atoms with E-state index in [0.29, 0.717) is 19.0 Å². The summed E-state index contributed by atoms with van der Waals surface area (Å²) < 4.78 is 5.15. The summed E-state index contributed by atoms with van der Waals surface area (Å²) >= 11 is 0. The zero-order valence-electron chi connectivity index (χ0n) is 10.5. The van der Waals surface area contributed by atoms with Gasteiger partial charge >= 0.3 is 11.8 Å². The van der Waals surface area contributed by atoms with E-state index in [-0.39, 0.29) is 11.8 Å². The van der Waals surface area contributed by atoms with Gasteiger partial charge in [0.25, 0.3) is 0 Å². The van der Waals surface area contributed by atoms with Crippen LogP contribution in [0.4, 0.5) is 0 Å². The molecule has 5 nitrogen and oxygen atoms in total. The van der Waals surface area contributed by atoms with Crippen molar-refractivity contribution in [3.05, 3.63) is 47.7 Å². The van der Waals surface area contributed by atoms with Crippen molar-refractivity contribution in [3.63, 3.8) is 0 Å². The van der Waals surface area contributed by atoms with Gasteiger partial charge in [-0.3, -0.25) is 4.79 Å². The Kier molecular flexibility index (Phi) is 3.72. The van der Waals surface area contributed by atoms with Gasteiger partial charge in [0.2, 0.25) is 5.89 Å². The molecule has 0 bridgehead atoms. The number of rotatable bonds is 4. The second kappa shape index (κ2) is 5.44. The largest absolute Gasteiger partial charge is 0.417 e. The Labute approximate surface area is 105 Å². The molecule has 0 aliphatic rings. The molecule has 1 aromatic carbocycles. The Morgan fingerprint density at radius 3 is 2.56 bits per heavy atom. The van der Waals surface area contributed by atoms with E-state index in [4.69, 9.17) is 4.42 Å². The molecule has 0 radical (unpaired) electrons. The van der Waals surface area contributed by atoms with Gasteiger partial charge in [0.1, 0.15) is 0 Å². The summed E-state index contributed by atoms with van der Waals surface area (Å²) in [6.45, 7) is 4.72. The van der Waals surface area contributed by atoms with E-state index < -0.39 is 0 Å². The smallest absolute Gasteiger partial charge is 0.311 e. The van der Waals surface area contributed by atoms with Crippen molar-refractivity contribution in [2.45, 2.75) is 20.4 Å². The summed E-state index contributed by atoms with van der Waals surface area (Å²) in [5, 5.41) is 7.42. The highest BCUT2D eigenvalue weighted by molar-refractivity contribution is 5.89. The number of hydrogen-bond donors (Lipinski definition) is 0. The maximum atomic E-state index is 12.1. The molecule has 18 heavy (non-hydrogen) atoms. The molecule has 0 saturated carbocycles. The topological polar surface area (TPSA) is 59.2 Å². The van der Waals surface area contributed by atoms with Crippen LogP contribution in [0.5, 0.6) is 0 Å². The molecule has 0 spiro atoms. The van der Waals surface area contributed by atoms with Crippen LogP contribution in [-0.4, -0.2) is 27.5 Å².